The summed E-state index contributed by atoms with van der Waals surface area (Å²) >= 11 is 3.34. The molecule has 126 valence electrons. The van der Waals surface area contributed by atoms with E-state index in [1.54, 1.807) is 0 Å². The Morgan fingerprint density at radius 3 is 2.61 bits per heavy atom. The number of amides is 1. The molecule has 1 heterocycles. The van der Waals surface area contributed by atoms with Gasteiger partial charge >= 0.3 is 5.97 Å². The van der Waals surface area contributed by atoms with E-state index < -0.39 is 11.6 Å². The highest BCUT2D eigenvalue weighted by atomic mass is 79.9. The van der Waals surface area contributed by atoms with Crippen molar-refractivity contribution in [3.8, 4) is 5.75 Å². The first kappa shape index (κ1) is 17.7. The average molecular weight is 388 g/mol. The lowest BCUT2D eigenvalue weighted by molar-refractivity contribution is -0.150. The van der Waals surface area contributed by atoms with Gasteiger partial charge in [-0.1, -0.05) is 15.9 Å². The molecule has 0 aliphatic carbocycles. The molecule has 5 nitrogen and oxygen atoms in total. The molecule has 1 saturated heterocycles. The monoisotopic (exact) mass is 387 g/mol. The molecule has 1 aromatic carbocycles. The molecule has 1 atom stereocenters. The highest BCUT2D eigenvalue weighted by molar-refractivity contribution is 9.10. The average Bonchev–Trinajstić information content (AvgIpc) is 2.93. The molecule has 2 rings (SSSR count). The Kier molecular flexibility index (Phi) is 5.98. The molecule has 0 bridgehead atoms. The van der Waals surface area contributed by atoms with E-state index in [1.807, 2.05) is 24.3 Å². The predicted molar refractivity (Wildman–Crippen MR) is 86.2 cm³/mol. The minimum atomic E-state index is -2.29. The fourth-order valence-electron chi connectivity index (χ4n) is 2.42. The van der Waals surface area contributed by atoms with E-state index in [1.165, 1.54) is 4.90 Å². The normalized spacial score (nSPS) is 20.5. The molecule has 7 heteroatoms. The topological polar surface area (TPSA) is 66.8 Å². The van der Waals surface area contributed by atoms with Gasteiger partial charge in [0.25, 0.3) is 0 Å². The number of benzene rings is 1. The van der Waals surface area contributed by atoms with Crippen molar-refractivity contribution in [1.82, 2.24) is 4.90 Å². The van der Waals surface area contributed by atoms with Gasteiger partial charge in [0.2, 0.25) is 11.6 Å². The first-order chi connectivity index (χ1) is 10.9. The Bertz CT molecular complexity index is 566. The number of unbranched alkanes of at least 4 members (excludes halogenated alkanes) is 1. The Hall–Kier alpha value is -1.63. The molecule has 1 aliphatic heterocycles. The minimum Gasteiger partial charge on any atom is -0.494 e. The molecule has 1 amide bonds. The summed E-state index contributed by atoms with van der Waals surface area (Å²) in [6.07, 6.45) is 1.47. The molecule has 0 spiro atoms. The largest absolute Gasteiger partial charge is 0.494 e. The van der Waals surface area contributed by atoms with Crippen LogP contribution < -0.4 is 4.74 Å². The number of aliphatic carboxylic acids is 1. The number of alkyl halides is 1. The Labute approximate surface area is 142 Å². The number of carbonyl (C=O) groups is 2. The summed E-state index contributed by atoms with van der Waals surface area (Å²) in [6, 6.07) is 7.48. The first-order valence-corrected chi connectivity index (χ1v) is 8.28. The third-order valence-corrected chi connectivity index (χ3v) is 4.35. The van der Waals surface area contributed by atoms with Crippen LogP contribution in [0, 0.1) is 0 Å². The van der Waals surface area contributed by atoms with E-state index in [2.05, 4.69) is 15.9 Å². The van der Waals surface area contributed by atoms with Gasteiger partial charge in [-0.25, -0.2) is 9.18 Å². The Balaban J connectivity index is 1.64. The van der Waals surface area contributed by atoms with Crippen LogP contribution in [0.2, 0.25) is 0 Å². The van der Waals surface area contributed by atoms with Gasteiger partial charge in [-0.15, -0.1) is 0 Å². The summed E-state index contributed by atoms with van der Waals surface area (Å²) in [5.41, 5.74) is -2.29. The minimum absolute atomic E-state index is 0.138. The molecule has 0 aromatic heterocycles. The third kappa shape index (κ3) is 4.92. The van der Waals surface area contributed by atoms with Crippen molar-refractivity contribution in [3.63, 3.8) is 0 Å². The lowest BCUT2D eigenvalue weighted by Crippen LogP contribution is -2.38. The molecule has 1 fully saturated rings. The number of nitrogens with zero attached hydrogens (tertiary/aromatic N) is 1. The predicted octanol–water partition coefficient (Wildman–Crippen LogP) is 3.02. The van der Waals surface area contributed by atoms with Crippen molar-refractivity contribution >= 4 is 27.8 Å². The van der Waals surface area contributed by atoms with Crippen molar-refractivity contribution < 1.29 is 23.8 Å². The second-order valence-corrected chi connectivity index (χ2v) is 6.51. The number of halogens is 2. The van der Waals surface area contributed by atoms with Gasteiger partial charge < -0.3 is 14.7 Å². The van der Waals surface area contributed by atoms with Crippen LogP contribution >= 0.6 is 15.9 Å². The van der Waals surface area contributed by atoms with Crippen LogP contribution in [0.1, 0.15) is 25.7 Å². The number of carboxylic acids is 1. The molecular weight excluding hydrogens is 369 g/mol. The summed E-state index contributed by atoms with van der Waals surface area (Å²) in [7, 11) is 0. The first-order valence-electron chi connectivity index (χ1n) is 7.49. The van der Waals surface area contributed by atoms with Crippen LogP contribution in [0.25, 0.3) is 0 Å². The molecule has 0 saturated carbocycles. The summed E-state index contributed by atoms with van der Waals surface area (Å²) in [5.74, 6) is -0.923. The van der Waals surface area contributed by atoms with Crippen molar-refractivity contribution in [3.05, 3.63) is 28.7 Å². The third-order valence-electron chi connectivity index (χ3n) is 3.82. The van der Waals surface area contributed by atoms with Crippen LogP contribution in [-0.4, -0.2) is 47.2 Å². The van der Waals surface area contributed by atoms with Crippen molar-refractivity contribution in [2.75, 3.05) is 19.7 Å². The molecule has 1 aliphatic rings. The van der Waals surface area contributed by atoms with Crippen molar-refractivity contribution in [2.24, 2.45) is 0 Å². The number of hydrogen-bond donors (Lipinski definition) is 1. The van der Waals surface area contributed by atoms with Crippen LogP contribution in [-0.2, 0) is 9.59 Å². The highest BCUT2D eigenvalue weighted by Crippen LogP contribution is 2.26. The van der Waals surface area contributed by atoms with Crippen LogP contribution in [0.4, 0.5) is 4.39 Å². The molecule has 0 radical (unpaired) electrons. The van der Waals surface area contributed by atoms with Gasteiger partial charge in [0.05, 0.1) is 13.2 Å². The zero-order valence-corrected chi connectivity index (χ0v) is 14.2. The number of carboxylic acid groups (broad SMARTS) is 1. The van der Waals surface area contributed by atoms with Gasteiger partial charge in [-0.2, -0.15) is 0 Å². The summed E-state index contributed by atoms with van der Waals surface area (Å²) in [6.45, 7) is 0.310. The summed E-state index contributed by atoms with van der Waals surface area (Å²) in [4.78, 5) is 24.1. The maximum absolute atomic E-state index is 13.9. The van der Waals surface area contributed by atoms with Gasteiger partial charge in [-0.05, 0) is 37.1 Å². The van der Waals surface area contributed by atoms with E-state index in [4.69, 9.17) is 9.84 Å². The van der Waals surface area contributed by atoms with Gasteiger partial charge in [0.1, 0.15) is 5.75 Å². The summed E-state index contributed by atoms with van der Waals surface area (Å²) < 4.78 is 20.4. The fourth-order valence-corrected chi connectivity index (χ4v) is 2.68. The maximum atomic E-state index is 13.9. The van der Waals surface area contributed by atoms with Gasteiger partial charge in [0.15, 0.2) is 0 Å². The van der Waals surface area contributed by atoms with E-state index in [-0.39, 0.29) is 31.8 Å². The van der Waals surface area contributed by atoms with E-state index in [0.29, 0.717) is 19.4 Å². The van der Waals surface area contributed by atoms with Gasteiger partial charge in [-0.3, -0.25) is 4.79 Å². The highest BCUT2D eigenvalue weighted by Gasteiger charge is 2.46. The number of rotatable bonds is 7. The number of carbonyl (C=O) groups excluding carboxylic acids is 1. The lowest BCUT2D eigenvalue weighted by atomic mass is 10.1. The van der Waals surface area contributed by atoms with Gasteiger partial charge in [0, 0.05) is 23.9 Å². The number of ether oxygens (including phenoxy) is 1. The number of likely N-dealkylation sites (tertiary alicyclic amines) is 1. The Morgan fingerprint density at radius 2 is 2.00 bits per heavy atom. The second kappa shape index (κ2) is 7.77. The zero-order chi connectivity index (χ0) is 16.9. The molecule has 1 aromatic rings. The molecular formula is C16H19BrFNO4. The smallest absolute Gasteiger partial charge is 0.343 e. The van der Waals surface area contributed by atoms with Crippen molar-refractivity contribution in [1.29, 1.82) is 0 Å². The van der Waals surface area contributed by atoms with Crippen LogP contribution in [0.3, 0.4) is 0 Å². The molecule has 23 heavy (non-hydrogen) atoms. The lowest BCUT2D eigenvalue weighted by Gasteiger charge is -2.17. The zero-order valence-electron chi connectivity index (χ0n) is 12.6. The van der Waals surface area contributed by atoms with Crippen LogP contribution in [0.15, 0.2) is 28.7 Å². The molecule has 1 N–H and O–H groups in total. The number of hydrogen-bond acceptors (Lipinski definition) is 3. The fraction of sp³-hybridized carbons (Fsp3) is 0.500. The van der Waals surface area contributed by atoms with E-state index in [0.717, 1.165) is 10.2 Å². The second-order valence-electron chi connectivity index (χ2n) is 5.60. The Morgan fingerprint density at radius 1 is 1.30 bits per heavy atom. The van der Waals surface area contributed by atoms with E-state index in [9.17, 15) is 14.0 Å². The standard InChI is InChI=1S/C16H19BrFNO4/c17-12-4-6-13(7-5-12)23-10-2-1-3-14(20)19-9-8-16(18,11-19)15(21)22/h4-7H,1-3,8-11H2,(H,21,22). The van der Waals surface area contributed by atoms with Crippen molar-refractivity contribution in [2.45, 2.75) is 31.4 Å². The van der Waals surface area contributed by atoms with Crippen LogP contribution in [0.5, 0.6) is 5.75 Å². The molecule has 1 unspecified atom stereocenters. The quantitative estimate of drug-likeness (QED) is 0.730. The maximum Gasteiger partial charge on any atom is 0.343 e. The van der Waals surface area contributed by atoms with E-state index >= 15 is 0 Å². The summed E-state index contributed by atoms with van der Waals surface area (Å²) in [5, 5.41) is 8.81. The SMILES string of the molecule is O=C(CCCCOc1ccc(Br)cc1)N1CCC(F)(C(=O)O)C1.